The smallest absolute Gasteiger partial charge is 0.338 e. The van der Waals surface area contributed by atoms with E-state index in [4.69, 9.17) is 10.2 Å². The van der Waals surface area contributed by atoms with E-state index in [0.29, 0.717) is 12.1 Å². The molecule has 5 heteroatoms. The van der Waals surface area contributed by atoms with E-state index in [-0.39, 0.29) is 24.1 Å². The third kappa shape index (κ3) is 3.70. The van der Waals surface area contributed by atoms with E-state index in [1.54, 1.807) is 0 Å². The van der Waals surface area contributed by atoms with Crippen LogP contribution >= 0.6 is 0 Å². The molecule has 3 N–H and O–H groups in total. The minimum Gasteiger partial charge on any atom is -0.478 e. The summed E-state index contributed by atoms with van der Waals surface area (Å²) in [4.78, 5) is 10.7. The first-order valence-electron chi connectivity index (χ1n) is 5.86. The average Bonchev–Trinajstić information content (AvgIpc) is 2.27. The number of hydrogen-bond donors (Lipinski definition) is 3. The van der Waals surface area contributed by atoms with Gasteiger partial charge in [0.15, 0.2) is 0 Å². The molecule has 0 spiro atoms. The van der Waals surface area contributed by atoms with Crippen molar-refractivity contribution in [2.45, 2.75) is 26.3 Å². The van der Waals surface area contributed by atoms with Crippen LogP contribution < -0.4 is 5.32 Å². The Labute approximate surface area is 105 Å². The number of halogens is 1. The molecule has 100 valence electrons. The zero-order valence-corrected chi connectivity index (χ0v) is 10.5. The number of hydrogen-bond acceptors (Lipinski definition) is 3. The van der Waals surface area contributed by atoms with Crippen molar-refractivity contribution < 1.29 is 19.4 Å². The topological polar surface area (TPSA) is 69.6 Å². The summed E-state index contributed by atoms with van der Waals surface area (Å²) in [5, 5.41) is 20.8. The van der Waals surface area contributed by atoms with Crippen LogP contribution in [0.4, 0.5) is 10.1 Å². The minimum absolute atomic E-state index is 0.0186. The number of rotatable bonds is 6. The van der Waals surface area contributed by atoms with E-state index in [1.165, 1.54) is 12.1 Å². The molecule has 0 aliphatic heterocycles. The molecule has 1 atom stereocenters. The summed E-state index contributed by atoms with van der Waals surface area (Å²) in [6, 6.07) is 3.94. The van der Waals surface area contributed by atoms with Crippen LogP contribution in [0.2, 0.25) is 0 Å². The number of carbonyl (C=O) groups is 1. The molecule has 1 rings (SSSR count). The quantitative estimate of drug-likeness (QED) is 0.729. The Morgan fingerprint density at radius 2 is 2.11 bits per heavy atom. The molecule has 0 heterocycles. The van der Waals surface area contributed by atoms with Crippen molar-refractivity contribution in [3.8, 4) is 0 Å². The summed E-state index contributed by atoms with van der Waals surface area (Å²) < 4.78 is 13.5. The zero-order valence-electron chi connectivity index (χ0n) is 10.5. The maximum absolute atomic E-state index is 13.5. The lowest BCUT2D eigenvalue weighted by Crippen LogP contribution is -2.26. The summed E-state index contributed by atoms with van der Waals surface area (Å²) in [5.41, 5.74) is 0.174. The molecule has 0 radical (unpaired) electrons. The Kier molecular flexibility index (Phi) is 5.09. The number of nitrogens with one attached hydrogen (secondary N) is 1. The molecule has 0 bridgehead atoms. The molecule has 0 saturated carbocycles. The van der Waals surface area contributed by atoms with E-state index in [9.17, 15) is 9.18 Å². The van der Waals surface area contributed by atoms with Gasteiger partial charge < -0.3 is 15.5 Å². The van der Waals surface area contributed by atoms with E-state index in [0.717, 1.165) is 6.07 Å². The summed E-state index contributed by atoms with van der Waals surface area (Å²) in [7, 11) is 0. The van der Waals surface area contributed by atoms with Gasteiger partial charge in [0.05, 0.1) is 5.56 Å². The first-order chi connectivity index (χ1) is 8.45. The Hall–Kier alpha value is -1.62. The fourth-order valence-corrected chi connectivity index (χ4v) is 1.70. The van der Waals surface area contributed by atoms with Crippen LogP contribution in [-0.2, 0) is 0 Å². The van der Waals surface area contributed by atoms with Gasteiger partial charge in [0.2, 0.25) is 0 Å². The van der Waals surface area contributed by atoms with Crippen molar-refractivity contribution in [1.29, 1.82) is 0 Å². The van der Waals surface area contributed by atoms with Gasteiger partial charge in [-0.15, -0.1) is 0 Å². The van der Waals surface area contributed by atoms with Gasteiger partial charge >= 0.3 is 5.97 Å². The van der Waals surface area contributed by atoms with Gasteiger partial charge in [-0.2, -0.15) is 0 Å². The van der Waals surface area contributed by atoms with Crippen LogP contribution in [0.5, 0.6) is 0 Å². The van der Waals surface area contributed by atoms with Crippen molar-refractivity contribution >= 4 is 11.7 Å². The molecule has 0 aliphatic carbocycles. The van der Waals surface area contributed by atoms with Crippen molar-refractivity contribution in [3.63, 3.8) is 0 Å². The van der Waals surface area contributed by atoms with E-state index in [2.05, 4.69) is 5.32 Å². The number of aliphatic hydroxyl groups is 1. The summed E-state index contributed by atoms with van der Waals surface area (Å²) in [5.74, 6) is -1.77. The van der Waals surface area contributed by atoms with Crippen LogP contribution in [0.1, 0.15) is 30.6 Å². The first kappa shape index (κ1) is 14.4. The number of benzene rings is 1. The molecular weight excluding hydrogens is 237 g/mol. The van der Waals surface area contributed by atoms with Gasteiger partial charge in [0.1, 0.15) is 5.82 Å². The SMILES string of the molecule is CC(C)C(CCO)Nc1ccc(C(=O)O)c(F)c1. The molecule has 0 aromatic heterocycles. The Bertz CT molecular complexity index is 421. The predicted octanol–water partition coefficient (Wildman–Crippen LogP) is 2.34. The second-order valence-electron chi connectivity index (χ2n) is 4.51. The highest BCUT2D eigenvalue weighted by Crippen LogP contribution is 2.18. The monoisotopic (exact) mass is 255 g/mol. The lowest BCUT2D eigenvalue weighted by molar-refractivity contribution is 0.0692. The molecule has 18 heavy (non-hydrogen) atoms. The largest absolute Gasteiger partial charge is 0.478 e. The molecule has 4 nitrogen and oxygen atoms in total. The Morgan fingerprint density at radius 3 is 2.56 bits per heavy atom. The number of anilines is 1. The number of aliphatic hydroxyl groups excluding tert-OH is 1. The average molecular weight is 255 g/mol. The maximum atomic E-state index is 13.5. The number of aromatic carboxylic acids is 1. The highest BCUT2D eigenvalue weighted by Gasteiger charge is 2.15. The van der Waals surface area contributed by atoms with Crippen LogP contribution in [0, 0.1) is 11.7 Å². The third-order valence-electron chi connectivity index (χ3n) is 2.80. The standard InChI is InChI=1S/C13H18FNO3/c1-8(2)12(5-6-16)15-9-3-4-10(13(17)18)11(14)7-9/h3-4,7-8,12,15-16H,5-6H2,1-2H3,(H,17,18). The van der Waals surface area contributed by atoms with Gasteiger partial charge in [-0.25, -0.2) is 9.18 Å². The van der Waals surface area contributed by atoms with E-state index < -0.39 is 11.8 Å². The Morgan fingerprint density at radius 1 is 1.44 bits per heavy atom. The summed E-state index contributed by atoms with van der Waals surface area (Å²) in [6.45, 7) is 4.04. The second kappa shape index (κ2) is 6.35. The first-order valence-corrected chi connectivity index (χ1v) is 5.86. The fourth-order valence-electron chi connectivity index (χ4n) is 1.70. The minimum atomic E-state index is -1.28. The molecule has 0 saturated heterocycles. The molecule has 0 aliphatic rings. The van der Waals surface area contributed by atoms with Gasteiger partial charge in [-0.05, 0) is 30.5 Å². The Balaban J connectivity index is 2.84. The zero-order chi connectivity index (χ0) is 13.7. The van der Waals surface area contributed by atoms with Crippen molar-refractivity contribution in [2.75, 3.05) is 11.9 Å². The number of carboxylic acids is 1. The molecule has 1 unspecified atom stereocenters. The van der Waals surface area contributed by atoms with E-state index >= 15 is 0 Å². The predicted molar refractivity (Wildman–Crippen MR) is 67.3 cm³/mol. The third-order valence-corrected chi connectivity index (χ3v) is 2.80. The lowest BCUT2D eigenvalue weighted by Gasteiger charge is -2.22. The van der Waals surface area contributed by atoms with Gasteiger partial charge in [-0.1, -0.05) is 13.8 Å². The van der Waals surface area contributed by atoms with Crippen LogP contribution in [-0.4, -0.2) is 28.8 Å². The van der Waals surface area contributed by atoms with E-state index in [1.807, 2.05) is 13.8 Å². The van der Waals surface area contributed by atoms with Crippen LogP contribution in [0.3, 0.4) is 0 Å². The summed E-state index contributed by atoms with van der Waals surface area (Å²) in [6.07, 6.45) is 0.556. The molecule has 1 aromatic rings. The number of carboxylic acid groups (broad SMARTS) is 1. The molecule has 0 amide bonds. The van der Waals surface area contributed by atoms with Crippen molar-refractivity contribution in [1.82, 2.24) is 0 Å². The van der Waals surface area contributed by atoms with Crippen molar-refractivity contribution in [3.05, 3.63) is 29.6 Å². The lowest BCUT2D eigenvalue weighted by atomic mass is 10.0. The normalized spacial score (nSPS) is 12.5. The summed E-state index contributed by atoms with van der Waals surface area (Å²) >= 11 is 0. The van der Waals surface area contributed by atoms with Gasteiger partial charge in [0.25, 0.3) is 0 Å². The van der Waals surface area contributed by atoms with Gasteiger partial charge in [0, 0.05) is 18.3 Å². The maximum Gasteiger partial charge on any atom is 0.338 e. The highest BCUT2D eigenvalue weighted by molar-refractivity contribution is 5.88. The second-order valence-corrected chi connectivity index (χ2v) is 4.51. The fraction of sp³-hybridized carbons (Fsp3) is 0.462. The van der Waals surface area contributed by atoms with Crippen LogP contribution in [0.25, 0.3) is 0 Å². The van der Waals surface area contributed by atoms with Crippen molar-refractivity contribution in [2.24, 2.45) is 5.92 Å². The highest BCUT2D eigenvalue weighted by atomic mass is 19.1. The van der Waals surface area contributed by atoms with Gasteiger partial charge in [-0.3, -0.25) is 0 Å². The molecular formula is C13H18FNO3. The van der Waals surface area contributed by atoms with Crippen LogP contribution in [0.15, 0.2) is 18.2 Å². The molecule has 1 aromatic carbocycles. The molecule has 0 fully saturated rings.